The average Bonchev–Trinajstić information content (AvgIpc) is 2.20. The molecule has 1 rings (SSSR count). The fraction of sp³-hybridized carbons (Fsp3) is 0.538. The molecule has 0 aromatic heterocycles. The van der Waals surface area contributed by atoms with Crippen LogP contribution < -0.4 is 5.73 Å². The van der Waals surface area contributed by atoms with Crippen molar-refractivity contribution in [3.63, 3.8) is 0 Å². The number of halogens is 1. The zero-order valence-electron chi connectivity index (χ0n) is 10.3. The molecule has 0 amide bonds. The van der Waals surface area contributed by atoms with Crippen molar-refractivity contribution in [1.29, 1.82) is 0 Å². The van der Waals surface area contributed by atoms with Crippen LogP contribution in [0.4, 0.5) is 4.39 Å². The highest BCUT2D eigenvalue weighted by atomic mass is 19.1. The van der Waals surface area contributed by atoms with Crippen LogP contribution in [0.25, 0.3) is 0 Å². The third kappa shape index (κ3) is 3.58. The summed E-state index contributed by atoms with van der Waals surface area (Å²) in [7, 11) is 3.94. The van der Waals surface area contributed by atoms with Crippen molar-refractivity contribution in [2.24, 2.45) is 5.73 Å². The van der Waals surface area contributed by atoms with Gasteiger partial charge in [0.2, 0.25) is 0 Å². The third-order valence-electron chi connectivity index (χ3n) is 2.78. The summed E-state index contributed by atoms with van der Waals surface area (Å²) in [6.07, 6.45) is 1.78. The Hall–Kier alpha value is -0.930. The highest BCUT2D eigenvalue weighted by Gasteiger charge is 2.17. The monoisotopic (exact) mass is 224 g/mol. The topological polar surface area (TPSA) is 29.3 Å². The second kappa shape index (κ2) is 5.97. The van der Waals surface area contributed by atoms with Gasteiger partial charge in [0, 0.05) is 17.6 Å². The second-order valence-electron chi connectivity index (χ2n) is 4.56. The third-order valence-corrected chi connectivity index (χ3v) is 2.78. The van der Waals surface area contributed by atoms with E-state index in [4.69, 9.17) is 5.73 Å². The largest absolute Gasteiger partial charge is 0.328 e. The van der Waals surface area contributed by atoms with Crippen molar-refractivity contribution in [3.05, 3.63) is 35.6 Å². The lowest BCUT2D eigenvalue weighted by Gasteiger charge is -2.25. The van der Waals surface area contributed by atoms with Crippen LogP contribution in [0.2, 0.25) is 0 Å². The Morgan fingerprint density at radius 3 is 2.38 bits per heavy atom. The van der Waals surface area contributed by atoms with Crippen LogP contribution in [0.15, 0.2) is 24.3 Å². The van der Waals surface area contributed by atoms with Crippen molar-refractivity contribution >= 4 is 0 Å². The summed E-state index contributed by atoms with van der Waals surface area (Å²) in [5.74, 6) is -0.133. The molecule has 1 aromatic rings. The number of hydrogen-bond acceptors (Lipinski definition) is 2. The number of nitrogens with two attached hydrogens (primary N) is 1. The van der Waals surface area contributed by atoms with E-state index in [-0.39, 0.29) is 17.9 Å². The summed E-state index contributed by atoms with van der Waals surface area (Å²) in [6, 6.07) is 7.22. The van der Waals surface area contributed by atoms with Crippen molar-refractivity contribution < 1.29 is 4.39 Å². The van der Waals surface area contributed by atoms with Crippen molar-refractivity contribution in [3.8, 4) is 0 Å². The molecule has 0 aliphatic carbocycles. The molecule has 2 nitrogen and oxygen atoms in total. The molecule has 2 atom stereocenters. The molecular formula is C13H21FN2. The molecule has 90 valence electrons. The summed E-state index contributed by atoms with van der Waals surface area (Å²) in [6.45, 7) is 1.98. The maximum absolute atomic E-state index is 13.7. The first-order valence-corrected chi connectivity index (χ1v) is 5.68. The number of nitrogens with zero attached hydrogens (tertiary/aromatic N) is 1. The average molecular weight is 224 g/mol. The van der Waals surface area contributed by atoms with E-state index in [1.165, 1.54) is 6.07 Å². The predicted octanol–water partition coefficient (Wildman–Crippen LogP) is 2.56. The number of hydrogen-bond donors (Lipinski definition) is 1. The van der Waals surface area contributed by atoms with Gasteiger partial charge in [0.15, 0.2) is 0 Å². The van der Waals surface area contributed by atoms with Crippen molar-refractivity contribution in [2.45, 2.75) is 31.8 Å². The van der Waals surface area contributed by atoms with E-state index >= 15 is 0 Å². The molecule has 0 spiro atoms. The minimum Gasteiger partial charge on any atom is -0.328 e. The summed E-state index contributed by atoms with van der Waals surface area (Å²) >= 11 is 0. The predicted molar refractivity (Wildman–Crippen MR) is 65.7 cm³/mol. The maximum Gasteiger partial charge on any atom is 0.127 e. The number of benzene rings is 1. The minimum absolute atomic E-state index is 0.104. The highest BCUT2D eigenvalue weighted by Crippen LogP contribution is 2.25. The lowest BCUT2D eigenvalue weighted by molar-refractivity contribution is 0.268. The van der Waals surface area contributed by atoms with Crippen LogP contribution >= 0.6 is 0 Å². The van der Waals surface area contributed by atoms with Gasteiger partial charge in [-0.1, -0.05) is 18.2 Å². The molecule has 0 saturated heterocycles. The van der Waals surface area contributed by atoms with Crippen LogP contribution in [-0.2, 0) is 0 Å². The first-order valence-electron chi connectivity index (χ1n) is 5.68. The van der Waals surface area contributed by atoms with E-state index in [1.54, 1.807) is 6.07 Å². The van der Waals surface area contributed by atoms with Crippen molar-refractivity contribution in [2.75, 3.05) is 14.1 Å². The summed E-state index contributed by atoms with van der Waals surface area (Å²) in [4.78, 5) is 2.04. The summed E-state index contributed by atoms with van der Waals surface area (Å²) < 4.78 is 13.7. The van der Waals surface area contributed by atoms with E-state index in [0.29, 0.717) is 0 Å². The van der Waals surface area contributed by atoms with Gasteiger partial charge in [-0.2, -0.15) is 0 Å². The zero-order chi connectivity index (χ0) is 12.1. The molecule has 0 heterocycles. The molecule has 16 heavy (non-hydrogen) atoms. The molecular weight excluding hydrogens is 203 g/mol. The zero-order valence-corrected chi connectivity index (χ0v) is 10.3. The summed E-state index contributed by atoms with van der Waals surface area (Å²) in [5, 5.41) is 0. The van der Waals surface area contributed by atoms with Crippen LogP contribution in [-0.4, -0.2) is 25.0 Å². The Labute approximate surface area is 97.3 Å². The fourth-order valence-electron chi connectivity index (χ4n) is 1.86. The van der Waals surface area contributed by atoms with Gasteiger partial charge < -0.3 is 10.6 Å². The quantitative estimate of drug-likeness (QED) is 0.833. The van der Waals surface area contributed by atoms with E-state index < -0.39 is 0 Å². The van der Waals surface area contributed by atoms with Gasteiger partial charge in [-0.3, -0.25) is 0 Å². The van der Waals surface area contributed by atoms with Crippen molar-refractivity contribution in [1.82, 2.24) is 4.90 Å². The molecule has 2 N–H and O–H groups in total. The molecule has 0 aliphatic rings. The molecule has 2 unspecified atom stereocenters. The first-order chi connectivity index (χ1) is 7.52. The number of rotatable bonds is 5. The fourth-order valence-corrected chi connectivity index (χ4v) is 1.86. The highest BCUT2D eigenvalue weighted by molar-refractivity contribution is 5.21. The molecule has 0 aliphatic heterocycles. The molecule has 0 radical (unpaired) electrons. The first kappa shape index (κ1) is 13.1. The van der Waals surface area contributed by atoms with E-state index in [2.05, 4.69) is 0 Å². The van der Waals surface area contributed by atoms with Gasteiger partial charge in [-0.25, -0.2) is 4.39 Å². The Morgan fingerprint density at radius 1 is 1.25 bits per heavy atom. The molecule has 1 aromatic carbocycles. The van der Waals surface area contributed by atoms with Gasteiger partial charge in [-0.15, -0.1) is 0 Å². The van der Waals surface area contributed by atoms with E-state index in [0.717, 1.165) is 18.4 Å². The molecule has 0 saturated carbocycles. The van der Waals surface area contributed by atoms with Gasteiger partial charge in [0.1, 0.15) is 5.82 Å². The minimum atomic E-state index is -0.133. The molecule has 0 bridgehead atoms. The summed E-state index contributed by atoms with van der Waals surface area (Å²) in [5.41, 5.74) is 6.50. The Bertz CT molecular complexity index is 323. The van der Waals surface area contributed by atoms with E-state index in [1.807, 2.05) is 38.1 Å². The van der Waals surface area contributed by atoms with Gasteiger partial charge >= 0.3 is 0 Å². The lowest BCUT2D eigenvalue weighted by atomic mass is 9.98. The maximum atomic E-state index is 13.7. The standard InChI is InChI=1S/C13H21FN2/c1-10(15)8-9-13(16(2)3)11-6-4-5-7-12(11)14/h4-7,10,13H,8-9,15H2,1-3H3. The van der Waals surface area contributed by atoms with Crippen LogP contribution in [0.5, 0.6) is 0 Å². The van der Waals surface area contributed by atoms with Crippen LogP contribution in [0.3, 0.4) is 0 Å². The van der Waals surface area contributed by atoms with Crippen LogP contribution in [0.1, 0.15) is 31.4 Å². The smallest absolute Gasteiger partial charge is 0.127 e. The molecule has 0 fully saturated rings. The van der Waals surface area contributed by atoms with Crippen LogP contribution in [0, 0.1) is 5.82 Å². The Morgan fingerprint density at radius 2 is 1.88 bits per heavy atom. The van der Waals surface area contributed by atoms with Gasteiger partial charge in [-0.05, 0) is 39.9 Å². The Kier molecular flexibility index (Phi) is 4.90. The van der Waals surface area contributed by atoms with E-state index in [9.17, 15) is 4.39 Å². The molecule has 3 heteroatoms. The lowest BCUT2D eigenvalue weighted by Crippen LogP contribution is -2.24. The van der Waals surface area contributed by atoms with Gasteiger partial charge in [0.25, 0.3) is 0 Å². The second-order valence-corrected chi connectivity index (χ2v) is 4.56. The van der Waals surface area contributed by atoms with Gasteiger partial charge in [0.05, 0.1) is 0 Å². The SMILES string of the molecule is CC(N)CCC(c1ccccc1F)N(C)C. The normalized spacial score (nSPS) is 15.1. The Balaban J connectivity index is 2.82.